The number of hydrogen-bond donors (Lipinski definition) is 2. The molecule has 0 amide bonds. The van der Waals surface area contributed by atoms with Crippen molar-refractivity contribution in [3.05, 3.63) is 42.4 Å². The lowest BCUT2D eigenvalue weighted by Crippen LogP contribution is -2.47. The monoisotopic (exact) mass is 509 g/mol. The fraction of sp³-hybridized carbons (Fsp3) is 0.417. The first kappa shape index (κ1) is 24.7. The van der Waals surface area contributed by atoms with Gasteiger partial charge in [0.25, 0.3) is 0 Å². The van der Waals surface area contributed by atoms with Gasteiger partial charge in [-0.1, -0.05) is 0 Å². The first-order chi connectivity index (χ1) is 17.7. The van der Waals surface area contributed by atoms with Crippen molar-refractivity contribution in [3.63, 3.8) is 0 Å². The van der Waals surface area contributed by atoms with Gasteiger partial charge in [-0.25, -0.2) is 9.67 Å². The molecular formula is C24H31N9O4. The molecule has 1 saturated heterocycles. The fourth-order valence-corrected chi connectivity index (χ4v) is 4.68. The van der Waals surface area contributed by atoms with E-state index < -0.39 is 0 Å². The molecule has 0 unspecified atom stereocenters. The number of anilines is 2. The molecule has 3 aromatic heterocycles. The van der Waals surface area contributed by atoms with Crippen LogP contribution in [-0.4, -0.2) is 97.4 Å². The third-order valence-corrected chi connectivity index (χ3v) is 6.58. The number of benzene rings is 1. The van der Waals surface area contributed by atoms with E-state index in [0.29, 0.717) is 42.6 Å². The number of hydrogen-bond acceptors (Lipinski definition) is 10. The Kier molecular flexibility index (Phi) is 7.08. The van der Waals surface area contributed by atoms with Crippen LogP contribution in [0.15, 0.2) is 36.5 Å². The van der Waals surface area contributed by atoms with E-state index in [-0.39, 0.29) is 18.0 Å². The number of piperazine rings is 1. The summed E-state index contributed by atoms with van der Waals surface area (Å²) < 4.78 is 14.5. The number of aromatic nitrogens is 6. The van der Waals surface area contributed by atoms with Gasteiger partial charge in [0, 0.05) is 44.8 Å². The molecule has 13 nitrogen and oxygen atoms in total. The van der Waals surface area contributed by atoms with E-state index in [0.717, 1.165) is 50.3 Å². The predicted molar refractivity (Wildman–Crippen MR) is 138 cm³/mol. The summed E-state index contributed by atoms with van der Waals surface area (Å²) >= 11 is 0. The molecule has 2 aliphatic heterocycles. The molecule has 0 spiro atoms. The summed E-state index contributed by atoms with van der Waals surface area (Å²) in [5.41, 5.74) is 8.74. The molecule has 13 heteroatoms. The quantitative estimate of drug-likeness (QED) is 0.335. The number of nitrogen functional groups attached to an aromatic ring is 1. The Morgan fingerprint density at radius 2 is 1.84 bits per heavy atom. The maximum Gasteiger partial charge on any atom is 0.225 e. The van der Waals surface area contributed by atoms with Crippen molar-refractivity contribution >= 4 is 34.1 Å². The molecule has 0 aliphatic carbocycles. The van der Waals surface area contributed by atoms with Gasteiger partial charge in [0.15, 0.2) is 17.1 Å². The maximum absolute atomic E-state index is 8.89. The number of aliphatic hydroxyl groups is 1. The van der Waals surface area contributed by atoms with Crippen molar-refractivity contribution in [2.75, 3.05) is 63.2 Å². The Hall–Kier alpha value is -3.94. The zero-order valence-electron chi connectivity index (χ0n) is 20.5. The summed E-state index contributed by atoms with van der Waals surface area (Å²) in [4.78, 5) is 14.0. The zero-order valence-corrected chi connectivity index (χ0v) is 20.5. The Balaban J connectivity index is 0.00000280. The summed E-state index contributed by atoms with van der Waals surface area (Å²) in [5.74, 6) is 2.25. The highest BCUT2D eigenvalue weighted by Crippen LogP contribution is 2.24. The smallest absolute Gasteiger partial charge is 0.225 e. The summed E-state index contributed by atoms with van der Waals surface area (Å²) in [6.07, 6.45) is 4.62. The molecule has 37 heavy (non-hydrogen) atoms. The van der Waals surface area contributed by atoms with Crippen molar-refractivity contribution in [1.82, 2.24) is 34.3 Å². The Morgan fingerprint density at radius 3 is 2.57 bits per heavy atom. The summed E-state index contributed by atoms with van der Waals surface area (Å²) in [6.45, 7) is 6.36. The van der Waals surface area contributed by atoms with Crippen LogP contribution in [0.3, 0.4) is 0 Å². The highest BCUT2D eigenvalue weighted by Gasteiger charge is 2.21. The Labute approximate surface area is 213 Å². The van der Waals surface area contributed by atoms with Gasteiger partial charge in [-0.05, 0) is 30.3 Å². The van der Waals surface area contributed by atoms with Gasteiger partial charge in [-0.2, -0.15) is 14.6 Å². The van der Waals surface area contributed by atoms with Gasteiger partial charge in [0.2, 0.25) is 11.8 Å². The van der Waals surface area contributed by atoms with E-state index in [1.54, 1.807) is 10.7 Å². The van der Waals surface area contributed by atoms with Crippen LogP contribution in [0.4, 0.5) is 11.6 Å². The van der Waals surface area contributed by atoms with Crippen molar-refractivity contribution < 1.29 is 20.1 Å². The first-order valence-corrected chi connectivity index (χ1v) is 12.2. The lowest BCUT2D eigenvalue weighted by molar-refractivity contribution is 0.201. The molecule has 2 aliphatic rings. The van der Waals surface area contributed by atoms with E-state index in [2.05, 4.69) is 42.1 Å². The normalized spacial score (nSPS) is 16.1. The fourth-order valence-electron chi connectivity index (χ4n) is 4.68. The van der Waals surface area contributed by atoms with Crippen LogP contribution >= 0.6 is 0 Å². The van der Waals surface area contributed by atoms with E-state index in [1.165, 1.54) is 5.69 Å². The van der Waals surface area contributed by atoms with Gasteiger partial charge in [-0.15, -0.1) is 5.10 Å². The minimum Gasteiger partial charge on any atom is -0.491 e. The lowest BCUT2D eigenvalue weighted by Gasteiger charge is -2.36. The molecule has 6 rings (SSSR count). The highest BCUT2D eigenvalue weighted by molar-refractivity contribution is 5.90. The zero-order chi connectivity index (χ0) is 24.5. The number of ether oxygens (including phenoxy) is 2. The molecule has 4 aromatic rings. The molecular weight excluding hydrogens is 478 g/mol. The SMILES string of the molecule is Nc1nc2c(cnn2CCN2CCN(c3ccc(OCCO)cc3)CC2)c2nc(C3=CCCO3)nn12.O. The summed E-state index contributed by atoms with van der Waals surface area (Å²) in [6, 6.07) is 8.04. The lowest BCUT2D eigenvalue weighted by atomic mass is 10.2. The van der Waals surface area contributed by atoms with Crippen molar-refractivity contribution in [1.29, 1.82) is 0 Å². The van der Waals surface area contributed by atoms with Crippen molar-refractivity contribution in [2.45, 2.75) is 13.0 Å². The minimum atomic E-state index is 0. The van der Waals surface area contributed by atoms with Gasteiger partial charge >= 0.3 is 0 Å². The van der Waals surface area contributed by atoms with Gasteiger partial charge in [-0.3, -0.25) is 4.90 Å². The minimum absolute atomic E-state index is 0. The third-order valence-electron chi connectivity index (χ3n) is 6.58. The van der Waals surface area contributed by atoms with Crippen LogP contribution in [0.1, 0.15) is 12.2 Å². The average Bonchev–Trinajstić information content (AvgIpc) is 3.67. The van der Waals surface area contributed by atoms with Crippen LogP contribution in [0, 0.1) is 0 Å². The molecule has 0 bridgehead atoms. The molecule has 5 heterocycles. The topological polar surface area (TPSA) is 164 Å². The maximum atomic E-state index is 8.89. The highest BCUT2D eigenvalue weighted by atomic mass is 16.5. The molecule has 0 radical (unpaired) electrons. The number of aliphatic hydroxyl groups excluding tert-OH is 1. The number of rotatable bonds is 8. The molecule has 5 N–H and O–H groups in total. The Morgan fingerprint density at radius 1 is 1.03 bits per heavy atom. The van der Waals surface area contributed by atoms with Crippen LogP contribution < -0.4 is 15.4 Å². The van der Waals surface area contributed by atoms with E-state index >= 15 is 0 Å². The molecule has 0 atom stereocenters. The second-order valence-corrected chi connectivity index (χ2v) is 8.85. The van der Waals surface area contributed by atoms with Gasteiger partial charge < -0.3 is 30.7 Å². The second kappa shape index (κ2) is 10.6. The van der Waals surface area contributed by atoms with E-state index in [4.69, 9.17) is 20.3 Å². The molecule has 196 valence electrons. The second-order valence-electron chi connectivity index (χ2n) is 8.85. The molecule has 1 aromatic carbocycles. The van der Waals surface area contributed by atoms with Crippen LogP contribution in [-0.2, 0) is 11.3 Å². The Bertz CT molecular complexity index is 1390. The molecule has 0 saturated carbocycles. The van der Waals surface area contributed by atoms with Gasteiger partial charge in [0.1, 0.15) is 12.4 Å². The van der Waals surface area contributed by atoms with E-state index in [1.807, 2.05) is 22.9 Å². The summed E-state index contributed by atoms with van der Waals surface area (Å²) in [7, 11) is 0. The standard InChI is InChI=1S/C24H29N9O3.H2O/c25-24-28-22-19(23-27-21(29-33(23)24)20-2-1-14-36-20)16-26-32(22)12-9-30-7-10-31(11-8-30)17-3-5-18(6-4-17)35-15-13-34;/h2-6,16,34H,1,7-15H2,(H2,25,28);1H2. The van der Waals surface area contributed by atoms with Crippen LogP contribution in [0.2, 0.25) is 0 Å². The number of nitrogens with two attached hydrogens (primary N) is 1. The summed E-state index contributed by atoms with van der Waals surface area (Å²) in [5, 5.41) is 18.8. The first-order valence-electron chi connectivity index (χ1n) is 12.2. The van der Waals surface area contributed by atoms with Gasteiger partial charge in [0.05, 0.1) is 31.3 Å². The van der Waals surface area contributed by atoms with Crippen molar-refractivity contribution in [3.8, 4) is 5.75 Å². The predicted octanol–water partition coefficient (Wildman–Crippen LogP) is 0.186. The van der Waals surface area contributed by atoms with Crippen molar-refractivity contribution in [2.24, 2.45) is 0 Å². The van der Waals surface area contributed by atoms with Crippen LogP contribution in [0.5, 0.6) is 5.75 Å². The molecule has 1 fully saturated rings. The number of fused-ring (bicyclic) bond motifs is 3. The number of nitrogens with zero attached hydrogens (tertiary/aromatic N) is 8. The third kappa shape index (κ3) is 4.88. The average molecular weight is 510 g/mol. The largest absolute Gasteiger partial charge is 0.491 e. The van der Waals surface area contributed by atoms with Crippen LogP contribution in [0.25, 0.3) is 22.4 Å². The van der Waals surface area contributed by atoms with E-state index in [9.17, 15) is 0 Å².